The van der Waals surface area contributed by atoms with Crippen LogP contribution in [0.15, 0.2) is 30.5 Å². The minimum absolute atomic E-state index is 0.0633. The van der Waals surface area contributed by atoms with E-state index in [0.29, 0.717) is 12.5 Å². The van der Waals surface area contributed by atoms with E-state index in [2.05, 4.69) is 11.9 Å². The van der Waals surface area contributed by atoms with Crippen LogP contribution in [0.1, 0.15) is 6.92 Å². The molecule has 0 saturated carbocycles. The van der Waals surface area contributed by atoms with Gasteiger partial charge in [-0.2, -0.15) is 0 Å². The Bertz CT molecular complexity index is 587. The van der Waals surface area contributed by atoms with E-state index < -0.39 is 4.92 Å². The smallest absolute Gasteiger partial charge is 0.269 e. The standard InChI is InChI=1S/C13H15N4O2/c1-9(2)8-16-12(7-15-13(16)14)10-3-5-11(6-4-10)17(18)19/h3-7,9H,1,8H2,2H3,(H2,14,15). The molecule has 99 valence electrons. The molecule has 1 radical (unpaired) electrons. The second kappa shape index (κ2) is 5.09. The first-order chi connectivity index (χ1) is 8.99. The summed E-state index contributed by atoms with van der Waals surface area (Å²) in [5.41, 5.74) is 7.56. The van der Waals surface area contributed by atoms with Crippen LogP contribution >= 0.6 is 0 Å². The van der Waals surface area contributed by atoms with Gasteiger partial charge in [0, 0.05) is 24.2 Å². The molecule has 1 unspecified atom stereocenters. The van der Waals surface area contributed by atoms with E-state index in [-0.39, 0.29) is 11.6 Å². The fraction of sp³-hybridized carbons (Fsp3) is 0.231. The van der Waals surface area contributed by atoms with E-state index in [1.54, 1.807) is 18.3 Å². The second-order valence-electron chi connectivity index (χ2n) is 4.52. The SMILES string of the molecule is [CH2]C(C)Cn1c(-c2ccc([N+](=O)[O-])cc2)cnc1N. The number of nitrogens with two attached hydrogens (primary N) is 1. The fourth-order valence-electron chi connectivity index (χ4n) is 1.88. The first kappa shape index (κ1) is 13.1. The van der Waals surface area contributed by atoms with Crippen molar-refractivity contribution in [3.63, 3.8) is 0 Å². The van der Waals surface area contributed by atoms with Gasteiger partial charge in [0.25, 0.3) is 5.69 Å². The zero-order chi connectivity index (χ0) is 14.0. The quantitative estimate of drug-likeness (QED) is 0.675. The van der Waals surface area contributed by atoms with E-state index in [0.717, 1.165) is 11.3 Å². The van der Waals surface area contributed by atoms with Crippen LogP contribution in [0.3, 0.4) is 0 Å². The van der Waals surface area contributed by atoms with E-state index in [1.807, 2.05) is 11.5 Å². The molecule has 0 aliphatic carbocycles. The van der Waals surface area contributed by atoms with Gasteiger partial charge in [-0.3, -0.25) is 10.1 Å². The first-order valence-corrected chi connectivity index (χ1v) is 5.88. The lowest BCUT2D eigenvalue weighted by molar-refractivity contribution is -0.384. The lowest BCUT2D eigenvalue weighted by atomic mass is 10.1. The Morgan fingerprint density at radius 2 is 2.11 bits per heavy atom. The van der Waals surface area contributed by atoms with Crippen molar-refractivity contribution in [2.45, 2.75) is 13.5 Å². The molecule has 1 aromatic heterocycles. The molecular formula is C13H15N4O2. The number of imidazole rings is 1. The number of anilines is 1. The van der Waals surface area contributed by atoms with Crippen molar-refractivity contribution in [2.75, 3.05) is 5.73 Å². The Morgan fingerprint density at radius 3 is 2.63 bits per heavy atom. The highest BCUT2D eigenvalue weighted by molar-refractivity contribution is 5.62. The van der Waals surface area contributed by atoms with Crippen LogP contribution in [0.5, 0.6) is 0 Å². The Morgan fingerprint density at radius 1 is 1.47 bits per heavy atom. The number of nitrogens with zero attached hydrogens (tertiary/aromatic N) is 3. The summed E-state index contributed by atoms with van der Waals surface area (Å²) in [6.45, 7) is 6.57. The highest BCUT2D eigenvalue weighted by atomic mass is 16.6. The molecule has 2 N–H and O–H groups in total. The second-order valence-corrected chi connectivity index (χ2v) is 4.52. The summed E-state index contributed by atoms with van der Waals surface area (Å²) in [7, 11) is 0. The van der Waals surface area contributed by atoms with Crippen LogP contribution in [0, 0.1) is 23.0 Å². The van der Waals surface area contributed by atoms with Gasteiger partial charge in [-0.1, -0.05) is 6.92 Å². The van der Waals surface area contributed by atoms with Crippen molar-refractivity contribution in [1.29, 1.82) is 0 Å². The number of benzene rings is 1. The molecule has 1 heterocycles. The van der Waals surface area contributed by atoms with Gasteiger partial charge in [0.15, 0.2) is 0 Å². The van der Waals surface area contributed by atoms with Gasteiger partial charge in [0.1, 0.15) is 0 Å². The molecule has 0 saturated heterocycles. The van der Waals surface area contributed by atoms with Crippen molar-refractivity contribution in [1.82, 2.24) is 9.55 Å². The monoisotopic (exact) mass is 259 g/mol. The molecular weight excluding hydrogens is 244 g/mol. The number of nitro benzene ring substituents is 1. The molecule has 0 spiro atoms. The van der Waals surface area contributed by atoms with Crippen LogP contribution in [0.2, 0.25) is 0 Å². The van der Waals surface area contributed by atoms with Gasteiger partial charge in [0.05, 0.1) is 16.8 Å². The molecule has 1 atom stereocenters. The molecule has 2 rings (SSSR count). The van der Waals surface area contributed by atoms with Gasteiger partial charge < -0.3 is 10.3 Å². The third kappa shape index (κ3) is 2.73. The predicted molar refractivity (Wildman–Crippen MR) is 73.3 cm³/mol. The van der Waals surface area contributed by atoms with Crippen LogP contribution in [0.25, 0.3) is 11.3 Å². The number of rotatable bonds is 4. The molecule has 0 bridgehead atoms. The Labute approximate surface area is 111 Å². The summed E-state index contributed by atoms with van der Waals surface area (Å²) < 4.78 is 1.86. The summed E-state index contributed by atoms with van der Waals surface area (Å²) in [6, 6.07) is 6.32. The third-order valence-electron chi connectivity index (χ3n) is 2.75. The van der Waals surface area contributed by atoms with Crippen molar-refractivity contribution >= 4 is 11.6 Å². The van der Waals surface area contributed by atoms with Crippen LogP contribution in [0.4, 0.5) is 11.6 Å². The van der Waals surface area contributed by atoms with Crippen molar-refractivity contribution in [3.8, 4) is 11.3 Å². The third-order valence-corrected chi connectivity index (χ3v) is 2.75. The summed E-state index contributed by atoms with van der Waals surface area (Å²) in [4.78, 5) is 14.3. The van der Waals surface area contributed by atoms with Gasteiger partial charge in [0.2, 0.25) is 5.95 Å². The number of hydrogen-bond acceptors (Lipinski definition) is 4. The normalized spacial score (nSPS) is 10.9. The first-order valence-electron chi connectivity index (χ1n) is 5.88. The number of nitrogen functional groups attached to an aromatic ring is 1. The van der Waals surface area contributed by atoms with E-state index in [9.17, 15) is 10.1 Å². The van der Waals surface area contributed by atoms with Crippen molar-refractivity contribution in [3.05, 3.63) is 47.5 Å². The molecule has 6 nitrogen and oxygen atoms in total. The van der Waals surface area contributed by atoms with Crippen molar-refractivity contribution in [2.24, 2.45) is 5.92 Å². The highest BCUT2D eigenvalue weighted by Gasteiger charge is 2.12. The number of aromatic nitrogens is 2. The van der Waals surface area contributed by atoms with Crippen LogP contribution < -0.4 is 5.73 Å². The Balaban J connectivity index is 2.38. The summed E-state index contributed by atoms with van der Waals surface area (Å²) in [6.07, 6.45) is 1.67. The van der Waals surface area contributed by atoms with E-state index >= 15 is 0 Å². The molecule has 6 heteroatoms. The topological polar surface area (TPSA) is 87.0 Å². The summed E-state index contributed by atoms with van der Waals surface area (Å²) in [5, 5.41) is 10.6. The zero-order valence-corrected chi connectivity index (χ0v) is 10.6. The highest BCUT2D eigenvalue weighted by Crippen LogP contribution is 2.25. The minimum atomic E-state index is -0.423. The van der Waals surface area contributed by atoms with Gasteiger partial charge >= 0.3 is 0 Å². The van der Waals surface area contributed by atoms with E-state index in [1.165, 1.54) is 12.1 Å². The maximum atomic E-state index is 10.6. The van der Waals surface area contributed by atoms with Crippen LogP contribution in [-0.2, 0) is 6.54 Å². The average Bonchev–Trinajstić information content (AvgIpc) is 2.71. The number of non-ortho nitro benzene ring substituents is 1. The number of hydrogen-bond donors (Lipinski definition) is 1. The summed E-state index contributed by atoms with van der Waals surface area (Å²) >= 11 is 0. The molecule has 19 heavy (non-hydrogen) atoms. The predicted octanol–water partition coefficient (Wildman–Crippen LogP) is 2.51. The Hall–Kier alpha value is -2.37. The molecule has 0 fully saturated rings. The van der Waals surface area contributed by atoms with Gasteiger partial charge in [-0.15, -0.1) is 0 Å². The lowest BCUT2D eigenvalue weighted by Gasteiger charge is -2.12. The zero-order valence-electron chi connectivity index (χ0n) is 10.6. The molecule has 2 aromatic rings. The molecule has 1 aromatic carbocycles. The van der Waals surface area contributed by atoms with Crippen molar-refractivity contribution < 1.29 is 4.92 Å². The molecule has 0 aliphatic heterocycles. The largest absolute Gasteiger partial charge is 0.369 e. The average molecular weight is 259 g/mol. The Kier molecular flexibility index (Phi) is 3.50. The van der Waals surface area contributed by atoms with Gasteiger partial charge in [-0.25, -0.2) is 4.98 Å². The van der Waals surface area contributed by atoms with E-state index in [4.69, 9.17) is 5.73 Å². The molecule has 0 amide bonds. The fourth-order valence-corrected chi connectivity index (χ4v) is 1.88. The van der Waals surface area contributed by atoms with Gasteiger partial charge in [-0.05, 0) is 25.0 Å². The van der Waals surface area contributed by atoms with Crippen LogP contribution in [-0.4, -0.2) is 14.5 Å². The summed E-state index contributed by atoms with van der Waals surface area (Å²) in [5.74, 6) is 0.608. The maximum absolute atomic E-state index is 10.6. The lowest BCUT2D eigenvalue weighted by Crippen LogP contribution is -2.09. The minimum Gasteiger partial charge on any atom is -0.369 e. The maximum Gasteiger partial charge on any atom is 0.269 e. The molecule has 0 aliphatic rings. The number of nitro groups is 1.